The first-order valence-electron chi connectivity index (χ1n) is 1.79. The molecule has 0 spiro atoms. The number of nitrogens with zero attached hydrogens (tertiary/aromatic N) is 2. The Labute approximate surface area is 56.0 Å². The van der Waals surface area contributed by atoms with Gasteiger partial charge in [-0.15, -0.1) is 0 Å². The fourth-order valence-electron chi connectivity index (χ4n) is 0. The smallest absolute Gasteiger partial charge is 0.668 e. The van der Waals surface area contributed by atoms with Gasteiger partial charge >= 0.3 is 16.5 Å². The molecule has 0 atom stereocenters. The second-order valence-electron chi connectivity index (χ2n) is 0.894. The maximum Gasteiger partial charge on any atom is 2.00 e. The van der Waals surface area contributed by atoms with Crippen molar-refractivity contribution in [3.8, 4) is 0 Å². The summed E-state index contributed by atoms with van der Waals surface area (Å²) in [6.45, 7) is 0. The van der Waals surface area contributed by atoms with Crippen LogP contribution in [-0.4, -0.2) is 28.2 Å². The summed E-state index contributed by atoms with van der Waals surface area (Å²) in [5, 5.41) is 7.00. The largest absolute Gasteiger partial charge is 2.00 e. The third kappa shape index (κ3) is 731. The first kappa shape index (κ1) is 15.7. The molecular formula is C4H12N2Ni. The Balaban J connectivity index is -0.0000000400. The Hall–Kier alpha value is 0.414. The summed E-state index contributed by atoms with van der Waals surface area (Å²) >= 11 is 0. The Bertz CT molecular complexity index is 11.7. The topological polar surface area (TPSA) is 28.2 Å². The fraction of sp³-hybridized carbons (Fsp3) is 1.00. The van der Waals surface area contributed by atoms with Gasteiger partial charge in [0.05, 0.1) is 0 Å². The molecule has 0 aliphatic rings. The van der Waals surface area contributed by atoms with Crippen molar-refractivity contribution in [2.45, 2.75) is 0 Å². The molecule has 0 amide bonds. The zero-order chi connectivity index (χ0) is 5.41. The van der Waals surface area contributed by atoms with Gasteiger partial charge in [-0.1, -0.05) is 0 Å². The van der Waals surface area contributed by atoms with Gasteiger partial charge in [0.1, 0.15) is 0 Å². The van der Waals surface area contributed by atoms with Gasteiger partial charge in [0.25, 0.3) is 0 Å². The molecule has 0 heterocycles. The van der Waals surface area contributed by atoms with E-state index in [4.69, 9.17) is 0 Å². The van der Waals surface area contributed by atoms with Crippen molar-refractivity contribution in [2.75, 3.05) is 28.2 Å². The van der Waals surface area contributed by atoms with Gasteiger partial charge in [0.2, 0.25) is 0 Å². The molecule has 0 aliphatic carbocycles. The molecule has 0 aromatic rings. The standard InChI is InChI=1S/2C2H6N.Ni/c2*1-3-2;/h2*1-2H3;/q2*-1;+2. The van der Waals surface area contributed by atoms with E-state index in [0.717, 1.165) is 0 Å². The van der Waals surface area contributed by atoms with E-state index in [1.165, 1.54) is 0 Å². The molecule has 0 rings (SSSR count). The fourth-order valence-corrected chi connectivity index (χ4v) is 0. The molecule has 0 saturated carbocycles. The number of rotatable bonds is 0. The molecule has 0 aromatic heterocycles. The first-order valence-corrected chi connectivity index (χ1v) is 1.79. The monoisotopic (exact) mass is 146 g/mol. The van der Waals surface area contributed by atoms with E-state index < -0.39 is 0 Å². The van der Waals surface area contributed by atoms with E-state index >= 15 is 0 Å². The predicted octanol–water partition coefficient (Wildman–Crippen LogP) is 1.24. The molecule has 3 heteroatoms. The van der Waals surface area contributed by atoms with Crippen molar-refractivity contribution in [3.63, 3.8) is 0 Å². The van der Waals surface area contributed by atoms with Crippen molar-refractivity contribution < 1.29 is 16.5 Å². The van der Waals surface area contributed by atoms with Gasteiger partial charge in [-0.05, 0) is 0 Å². The van der Waals surface area contributed by atoms with Crippen LogP contribution < -0.4 is 0 Å². The van der Waals surface area contributed by atoms with Crippen LogP contribution in [0, 0.1) is 0 Å². The first-order chi connectivity index (χ1) is 2.83. The predicted molar refractivity (Wildman–Crippen MR) is 30.4 cm³/mol. The zero-order valence-electron chi connectivity index (χ0n) is 5.21. The molecule has 0 aliphatic heterocycles. The number of hydrogen-bond donors (Lipinski definition) is 0. The molecule has 0 unspecified atom stereocenters. The SMILES string of the molecule is C[N-]C.C[N-]C.[Ni+2]. The van der Waals surface area contributed by atoms with E-state index in [9.17, 15) is 0 Å². The van der Waals surface area contributed by atoms with Crippen LogP contribution in [0.5, 0.6) is 0 Å². The molecule has 0 bridgehead atoms. The van der Waals surface area contributed by atoms with Crippen molar-refractivity contribution in [2.24, 2.45) is 0 Å². The van der Waals surface area contributed by atoms with Gasteiger partial charge in [0, 0.05) is 0 Å². The molecule has 0 fully saturated rings. The molecule has 0 radical (unpaired) electrons. The zero-order valence-corrected chi connectivity index (χ0v) is 6.20. The van der Waals surface area contributed by atoms with Crippen molar-refractivity contribution in [1.29, 1.82) is 0 Å². The summed E-state index contributed by atoms with van der Waals surface area (Å²) in [6, 6.07) is 0. The summed E-state index contributed by atoms with van der Waals surface area (Å²) in [5.74, 6) is 0. The van der Waals surface area contributed by atoms with E-state index in [-0.39, 0.29) is 16.5 Å². The second kappa shape index (κ2) is 32.3. The van der Waals surface area contributed by atoms with Gasteiger partial charge in [-0.2, -0.15) is 28.2 Å². The van der Waals surface area contributed by atoms with Gasteiger partial charge < -0.3 is 10.6 Å². The molecular weight excluding hydrogens is 135 g/mol. The minimum atomic E-state index is 0. The Kier molecular flexibility index (Phi) is 72.2. The van der Waals surface area contributed by atoms with Crippen LogP contribution in [0.15, 0.2) is 0 Å². The van der Waals surface area contributed by atoms with E-state index in [0.29, 0.717) is 0 Å². The van der Waals surface area contributed by atoms with Crippen LogP contribution in [0.1, 0.15) is 0 Å². The Morgan fingerprint density at radius 2 is 0.714 bits per heavy atom. The summed E-state index contributed by atoms with van der Waals surface area (Å²) in [7, 11) is 7.00. The third-order valence-corrected chi connectivity index (χ3v) is 0. The van der Waals surface area contributed by atoms with Gasteiger partial charge in [-0.25, -0.2) is 0 Å². The average molecular weight is 147 g/mol. The van der Waals surface area contributed by atoms with Crippen LogP contribution in [-0.2, 0) is 16.5 Å². The maximum absolute atomic E-state index is 3.50. The molecule has 0 N–H and O–H groups in total. The van der Waals surface area contributed by atoms with Crippen molar-refractivity contribution >= 4 is 0 Å². The summed E-state index contributed by atoms with van der Waals surface area (Å²) < 4.78 is 0. The van der Waals surface area contributed by atoms with E-state index in [2.05, 4.69) is 10.6 Å². The van der Waals surface area contributed by atoms with Crippen LogP contribution in [0.4, 0.5) is 0 Å². The molecule has 0 aromatic carbocycles. The quantitative estimate of drug-likeness (QED) is 0.461. The summed E-state index contributed by atoms with van der Waals surface area (Å²) in [4.78, 5) is 0. The molecule has 48 valence electrons. The summed E-state index contributed by atoms with van der Waals surface area (Å²) in [6.07, 6.45) is 0. The van der Waals surface area contributed by atoms with Crippen molar-refractivity contribution in [3.05, 3.63) is 10.6 Å². The minimum absolute atomic E-state index is 0. The molecule has 2 nitrogen and oxygen atoms in total. The van der Waals surface area contributed by atoms with Crippen LogP contribution in [0.3, 0.4) is 0 Å². The second-order valence-corrected chi connectivity index (χ2v) is 0.894. The van der Waals surface area contributed by atoms with Crippen molar-refractivity contribution in [1.82, 2.24) is 0 Å². The van der Waals surface area contributed by atoms with Gasteiger partial charge in [-0.3, -0.25) is 0 Å². The van der Waals surface area contributed by atoms with E-state index in [1.807, 2.05) is 0 Å². The summed E-state index contributed by atoms with van der Waals surface area (Å²) in [5.41, 5.74) is 0. The average Bonchev–Trinajstić information content (AvgIpc) is 1.39. The van der Waals surface area contributed by atoms with Gasteiger partial charge in [0.15, 0.2) is 0 Å². The minimum Gasteiger partial charge on any atom is -0.668 e. The maximum atomic E-state index is 3.50. The van der Waals surface area contributed by atoms with Crippen LogP contribution in [0.2, 0.25) is 0 Å². The van der Waals surface area contributed by atoms with Crippen LogP contribution >= 0.6 is 0 Å². The molecule has 7 heavy (non-hydrogen) atoms. The van der Waals surface area contributed by atoms with E-state index in [1.54, 1.807) is 28.2 Å². The Morgan fingerprint density at radius 3 is 0.714 bits per heavy atom. The Morgan fingerprint density at radius 1 is 0.714 bits per heavy atom. The third-order valence-electron chi connectivity index (χ3n) is 0. The normalized spacial score (nSPS) is 5.14. The molecule has 0 saturated heterocycles. The van der Waals surface area contributed by atoms with Crippen LogP contribution in [0.25, 0.3) is 10.6 Å². The number of hydrogen-bond acceptors (Lipinski definition) is 0.